The van der Waals surface area contributed by atoms with Gasteiger partial charge in [-0.25, -0.2) is 0 Å². The number of hydrogen-bond donors (Lipinski definition) is 2. The van der Waals surface area contributed by atoms with Gasteiger partial charge in [-0.15, -0.1) is 0 Å². The third-order valence-electron chi connectivity index (χ3n) is 11.3. The second kappa shape index (κ2) is 21.3. The molecule has 10 nitrogen and oxygen atoms in total. The van der Waals surface area contributed by atoms with Gasteiger partial charge < -0.3 is 20.3 Å². The standard InChI is InChI=1S/C57H43N7O3/c1-64(2)51-30-24-43(25-31-51)55(41-20-18-40(19-21-41)44(34-58)35-59)56(45(36-60)37-61)42-22-28-50(29-23-42)63-53(65)38-62-54(66)39-67-52-32-26-49(27-33-52)57(46-12-6-3-7-13-46,47-14-8-4-9-15-47)48-16-10-5-11-17-48/h3-33H,38-39H2,1-2H3,(H,62,66)(H,63,65). The molecule has 0 bridgehead atoms. The molecular weight excluding hydrogens is 831 g/mol. The molecule has 10 heteroatoms. The van der Waals surface area contributed by atoms with Gasteiger partial charge in [0, 0.05) is 36.3 Å². The average Bonchev–Trinajstić information content (AvgIpc) is 3.38. The number of rotatable bonds is 14. The molecule has 7 rings (SSSR count). The quantitative estimate of drug-likeness (QED) is 0.0816. The van der Waals surface area contributed by atoms with Crippen molar-refractivity contribution >= 4 is 39.9 Å². The van der Waals surface area contributed by atoms with Gasteiger partial charge in [-0.3, -0.25) is 9.59 Å². The first-order valence-corrected chi connectivity index (χ1v) is 21.2. The summed E-state index contributed by atoms with van der Waals surface area (Å²) in [7, 11) is 3.84. The molecule has 67 heavy (non-hydrogen) atoms. The highest BCUT2D eigenvalue weighted by atomic mass is 16.5. The summed E-state index contributed by atoms with van der Waals surface area (Å²) >= 11 is 0. The number of amides is 2. The zero-order valence-corrected chi connectivity index (χ0v) is 36.8. The van der Waals surface area contributed by atoms with E-state index in [0.29, 0.717) is 44.1 Å². The molecule has 0 radical (unpaired) electrons. The van der Waals surface area contributed by atoms with Crippen molar-refractivity contribution in [2.75, 3.05) is 37.5 Å². The Morgan fingerprint density at radius 2 is 1.01 bits per heavy atom. The summed E-state index contributed by atoms with van der Waals surface area (Å²) in [5.74, 6) is -0.472. The van der Waals surface area contributed by atoms with E-state index >= 15 is 0 Å². The Morgan fingerprint density at radius 3 is 1.49 bits per heavy atom. The van der Waals surface area contributed by atoms with E-state index in [1.165, 1.54) is 0 Å². The maximum absolute atomic E-state index is 13.1. The highest BCUT2D eigenvalue weighted by Crippen LogP contribution is 2.45. The van der Waals surface area contributed by atoms with Crippen molar-refractivity contribution in [2.24, 2.45) is 0 Å². The molecule has 0 aliphatic rings. The highest BCUT2D eigenvalue weighted by Gasteiger charge is 2.38. The van der Waals surface area contributed by atoms with Crippen molar-refractivity contribution in [1.82, 2.24) is 5.32 Å². The number of hydrogen-bond acceptors (Lipinski definition) is 8. The summed E-state index contributed by atoms with van der Waals surface area (Å²) in [6.45, 7) is -0.629. The fourth-order valence-electron chi connectivity index (χ4n) is 8.06. The zero-order valence-electron chi connectivity index (χ0n) is 36.8. The Morgan fingerprint density at radius 1 is 0.537 bits per heavy atom. The number of carbonyl (C=O) groups excluding carboxylic acids is 2. The number of allylic oxidation sites excluding steroid dienone is 2. The largest absolute Gasteiger partial charge is 0.484 e. The number of benzene rings is 7. The topological polar surface area (TPSA) is 166 Å². The van der Waals surface area contributed by atoms with Crippen LogP contribution in [0.15, 0.2) is 194 Å². The van der Waals surface area contributed by atoms with Gasteiger partial charge in [-0.1, -0.05) is 152 Å². The molecule has 0 aliphatic carbocycles. The summed E-state index contributed by atoms with van der Waals surface area (Å²) in [6, 6.07) is 67.8. The molecule has 7 aromatic carbocycles. The van der Waals surface area contributed by atoms with E-state index in [1.807, 2.05) is 146 Å². The molecule has 0 fully saturated rings. The van der Waals surface area contributed by atoms with E-state index in [4.69, 9.17) is 4.74 Å². The maximum atomic E-state index is 13.1. The summed E-state index contributed by atoms with van der Waals surface area (Å²) in [6.07, 6.45) is 0. The second-order valence-electron chi connectivity index (χ2n) is 15.5. The zero-order chi connectivity index (χ0) is 47.2. The number of ether oxygens (including phenoxy) is 1. The SMILES string of the molecule is CN(C)c1ccc(C(C(=C(C#N)C#N)c2ccc(NC(=O)CNC(=O)COc3ccc(C(c4ccccc4)(c4ccccc4)c4ccccc4)cc3)cc2)=c2ccc(=C(C#N)C#N)cc2)cc1. The number of anilines is 2. The van der Waals surface area contributed by atoms with Crippen LogP contribution in [0.1, 0.15) is 33.4 Å². The minimum atomic E-state index is -0.626. The fraction of sp³-hybridized carbons (Fsp3) is 0.0877. The van der Waals surface area contributed by atoms with Crippen LogP contribution in [0.4, 0.5) is 11.4 Å². The Labute approximate surface area is 389 Å². The molecule has 0 spiro atoms. The van der Waals surface area contributed by atoms with Crippen molar-refractivity contribution in [3.8, 4) is 30.0 Å². The summed E-state index contributed by atoms with van der Waals surface area (Å²) in [4.78, 5) is 27.9. The molecule has 0 saturated heterocycles. The van der Waals surface area contributed by atoms with Crippen LogP contribution < -0.4 is 30.7 Å². The Balaban J connectivity index is 1.05. The molecule has 0 unspecified atom stereocenters. The lowest BCUT2D eigenvalue weighted by molar-refractivity contribution is -0.125. The first-order valence-electron chi connectivity index (χ1n) is 21.2. The maximum Gasteiger partial charge on any atom is 0.258 e. The van der Waals surface area contributed by atoms with Crippen LogP contribution in [0, 0.1) is 45.3 Å². The van der Waals surface area contributed by atoms with Crippen LogP contribution in [0.2, 0.25) is 0 Å². The van der Waals surface area contributed by atoms with Crippen LogP contribution in [0.3, 0.4) is 0 Å². The normalized spacial score (nSPS) is 10.4. The number of nitrogens with zero attached hydrogens (tertiary/aromatic N) is 5. The summed E-state index contributed by atoms with van der Waals surface area (Å²) < 4.78 is 5.88. The smallest absolute Gasteiger partial charge is 0.258 e. The van der Waals surface area contributed by atoms with Gasteiger partial charge in [0.05, 0.1) is 12.0 Å². The first-order chi connectivity index (χ1) is 32.7. The van der Waals surface area contributed by atoms with Gasteiger partial charge in [0.25, 0.3) is 5.91 Å². The molecule has 0 aliphatic heterocycles. The van der Waals surface area contributed by atoms with Gasteiger partial charge >= 0.3 is 0 Å². The van der Waals surface area contributed by atoms with Crippen LogP contribution in [0.25, 0.3) is 16.7 Å². The first kappa shape index (κ1) is 45.5. The number of nitriles is 4. The number of carbonyl (C=O) groups is 2. The van der Waals surface area contributed by atoms with E-state index in [0.717, 1.165) is 27.9 Å². The van der Waals surface area contributed by atoms with Gasteiger partial charge in [0.15, 0.2) is 6.61 Å². The van der Waals surface area contributed by atoms with Crippen LogP contribution in [-0.4, -0.2) is 39.1 Å². The monoisotopic (exact) mass is 873 g/mol. The van der Waals surface area contributed by atoms with Gasteiger partial charge in [0.1, 0.15) is 41.2 Å². The molecule has 324 valence electrons. The Hall–Kier alpha value is -9.48. The lowest BCUT2D eigenvalue weighted by Crippen LogP contribution is -2.35. The van der Waals surface area contributed by atoms with E-state index in [1.54, 1.807) is 48.5 Å². The van der Waals surface area contributed by atoms with E-state index in [9.17, 15) is 30.6 Å². The van der Waals surface area contributed by atoms with Crippen molar-refractivity contribution < 1.29 is 14.3 Å². The lowest BCUT2D eigenvalue weighted by atomic mass is 9.65. The highest BCUT2D eigenvalue weighted by molar-refractivity contribution is 6.08. The molecule has 0 saturated carbocycles. The molecular formula is C57H43N7O3. The van der Waals surface area contributed by atoms with Crippen molar-refractivity contribution in [2.45, 2.75) is 5.41 Å². The lowest BCUT2D eigenvalue weighted by Gasteiger charge is -2.36. The van der Waals surface area contributed by atoms with E-state index in [2.05, 4.69) is 47.0 Å². The van der Waals surface area contributed by atoms with Crippen LogP contribution >= 0.6 is 0 Å². The van der Waals surface area contributed by atoms with Gasteiger partial charge in [0.2, 0.25) is 5.91 Å². The molecule has 7 aromatic rings. The molecule has 0 heterocycles. The van der Waals surface area contributed by atoms with Crippen molar-refractivity contribution in [3.05, 3.63) is 237 Å². The third kappa shape index (κ3) is 10.2. The molecule has 0 aromatic heterocycles. The molecule has 0 atom stereocenters. The van der Waals surface area contributed by atoms with E-state index in [-0.39, 0.29) is 24.3 Å². The summed E-state index contributed by atoms with van der Waals surface area (Å²) in [5.41, 5.74) is 7.03. The predicted molar refractivity (Wildman–Crippen MR) is 260 cm³/mol. The van der Waals surface area contributed by atoms with Crippen LogP contribution in [0.5, 0.6) is 5.75 Å². The average molecular weight is 874 g/mol. The molecule has 2 amide bonds. The van der Waals surface area contributed by atoms with Gasteiger partial charge in [-0.05, 0) is 80.6 Å². The fourth-order valence-corrected chi connectivity index (χ4v) is 8.06. The van der Waals surface area contributed by atoms with Crippen molar-refractivity contribution in [1.29, 1.82) is 21.0 Å². The Bertz CT molecular complexity index is 3080. The second-order valence-corrected chi connectivity index (χ2v) is 15.5. The predicted octanol–water partition coefficient (Wildman–Crippen LogP) is 8.17. The minimum Gasteiger partial charge on any atom is -0.484 e. The third-order valence-corrected chi connectivity index (χ3v) is 11.3. The molecule has 2 N–H and O–H groups in total. The van der Waals surface area contributed by atoms with E-state index < -0.39 is 17.2 Å². The Kier molecular flexibility index (Phi) is 14.5. The van der Waals surface area contributed by atoms with Crippen molar-refractivity contribution in [3.63, 3.8) is 0 Å². The van der Waals surface area contributed by atoms with Gasteiger partial charge in [-0.2, -0.15) is 21.0 Å². The minimum absolute atomic E-state index is 0.0462. The van der Waals surface area contributed by atoms with Crippen LogP contribution in [-0.2, 0) is 15.0 Å². The number of nitrogens with one attached hydrogen (secondary N) is 2. The summed E-state index contributed by atoms with van der Waals surface area (Å²) in [5, 5.41) is 45.8.